The molecule has 0 saturated heterocycles. The maximum Gasteiger partial charge on any atom is 0.348 e. The van der Waals surface area contributed by atoms with Gasteiger partial charge in [-0.25, -0.2) is 4.79 Å². The van der Waals surface area contributed by atoms with E-state index in [1.165, 1.54) is 11.1 Å². The number of ether oxygens (including phenoxy) is 2. The van der Waals surface area contributed by atoms with Gasteiger partial charge in [-0.1, -0.05) is 19.9 Å². The predicted octanol–water partition coefficient (Wildman–Crippen LogP) is 5.33. The van der Waals surface area contributed by atoms with Crippen LogP contribution in [0.25, 0.3) is 0 Å². The first-order chi connectivity index (χ1) is 14.3. The van der Waals surface area contributed by atoms with Gasteiger partial charge in [0.25, 0.3) is 0 Å². The molecule has 0 unspecified atom stereocenters. The van der Waals surface area contributed by atoms with Crippen LogP contribution in [0, 0.1) is 25.2 Å². The maximum atomic E-state index is 12.3. The van der Waals surface area contributed by atoms with E-state index in [0.717, 1.165) is 17.1 Å². The van der Waals surface area contributed by atoms with Crippen molar-refractivity contribution in [3.63, 3.8) is 0 Å². The number of hydrogen-bond acceptors (Lipinski definition) is 6. The summed E-state index contributed by atoms with van der Waals surface area (Å²) >= 11 is 1.07. The van der Waals surface area contributed by atoms with Crippen molar-refractivity contribution in [2.24, 2.45) is 0 Å². The Hall–Kier alpha value is -2.85. The topological polar surface area (TPSA) is 88.4 Å². The van der Waals surface area contributed by atoms with Gasteiger partial charge in [-0.3, -0.25) is 4.79 Å². The molecule has 0 aliphatic rings. The van der Waals surface area contributed by atoms with Crippen LogP contribution >= 0.6 is 11.3 Å². The SMILES string of the molecule is CCOC(=O)c1sc(NC(=O)CCCOc2ccc(C(C)C)c(C)c2)c(C#N)c1C. The normalized spacial score (nSPS) is 10.6. The van der Waals surface area contributed by atoms with Crippen LogP contribution in [0.5, 0.6) is 5.75 Å². The molecule has 7 heteroatoms. The molecule has 1 aromatic carbocycles. The van der Waals surface area contributed by atoms with Crippen LogP contribution in [0.2, 0.25) is 0 Å². The average molecular weight is 429 g/mol. The third-order valence-electron chi connectivity index (χ3n) is 4.65. The molecule has 1 aromatic heterocycles. The Morgan fingerprint density at radius 1 is 1.27 bits per heavy atom. The number of nitriles is 1. The lowest BCUT2D eigenvalue weighted by molar-refractivity contribution is -0.116. The Kier molecular flexibility index (Phi) is 8.43. The molecule has 1 N–H and O–H groups in total. The van der Waals surface area contributed by atoms with E-state index in [2.05, 4.69) is 38.2 Å². The molecule has 0 aliphatic heterocycles. The summed E-state index contributed by atoms with van der Waals surface area (Å²) in [5.41, 5.74) is 3.31. The first-order valence-electron chi connectivity index (χ1n) is 10.0. The number of carbonyl (C=O) groups is 2. The molecular weight excluding hydrogens is 400 g/mol. The van der Waals surface area contributed by atoms with Gasteiger partial charge in [-0.05, 0) is 61.9 Å². The zero-order valence-corrected chi connectivity index (χ0v) is 18.9. The third kappa shape index (κ3) is 5.83. The zero-order valence-electron chi connectivity index (χ0n) is 18.1. The number of nitrogens with zero attached hydrogens (tertiary/aromatic N) is 1. The van der Waals surface area contributed by atoms with Crippen LogP contribution in [0.4, 0.5) is 5.00 Å². The van der Waals surface area contributed by atoms with Crippen LogP contribution in [0.3, 0.4) is 0 Å². The monoisotopic (exact) mass is 428 g/mol. The Labute approximate surface area is 181 Å². The number of carbonyl (C=O) groups excluding carboxylic acids is 2. The van der Waals surface area contributed by atoms with Crippen LogP contribution in [0.1, 0.15) is 71.5 Å². The number of benzene rings is 1. The number of anilines is 1. The Balaban J connectivity index is 1.89. The van der Waals surface area contributed by atoms with Crippen molar-refractivity contribution in [1.29, 1.82) is 5.26 Å². The minimum atomic E-state index is -0.482. The molecule has 0 radical (unpaired) electrons. The number of rotatable bonds is 9. The lowest BCUT2D eigenvalue weighted by Gasteiger charge is -2.12. The molecule has 0 spiro atoms. The third-order valence-corrected chi connectivity index (χ3v) is 5.84. The molecule has 0 atom stereocenters. The Morgan fingerprint density at radius 2 is 2.00 bits per heavy atom. The van der Waals surface area contributed by atoms with Gasteiger partial charge in [0.2, 0.25) is 5.91 Å². The number of hydrogen-bond donors (Lipinski definition) is 1. The van der Waals surface area contributed by atoms with Crippen molar-refractivity contribution < 1.29 is 19.1 Å². The summed E-state index contributed by atoms with van der Waals surface area (Å²) < 4.78 is 10.8. The van der Waals surface area contributed by atoms with Gasteiger partial charge in [0.15, 0.2) is 0 Å². The van der Waals surface area contributed by atoms with Crippen LogP contribution in [-0.2, 0) is 9.53 Å². The minimum absolute atomic E-state index is 0.224. The van der Waals surface area contributed by atoms with Crippen LogP contribution < -0.4 is 10.1 Å². The molecule has 30 heavy (non-hydrogen) atoms. The number of aryl methyl sites for hydroxylation is 1. The van der Waals surface area contributed by atoms with Crippen molar-refractivity contribution >= 4 is 28.2 Å². The molecule has 0 fully saturated rings. The van der Waals surface area contributed by atoms with Crippen molar-refractivity contribution in [2.45, 2.75) is 53.4 Å². The van der Waals surface area contributed by atoms with Crippen molar-refractivity contribution in [3.05, 3.63) is 45.3 Å². The number of nitrogens with one attached hydrogen (secondary N) is 1. The summed E-state index contributed by atoms with van der Waals surface area (Å²) in [7, 11) is 0. The molecule has 160 valence electrons. The quantitative estimate of drug-likeness (QED) is 0.430. The van der Waals surface area contributed by atoms with E-state index in [1.807, 2.05) is 12.1 Å². The highest BCUT2D eigenvalue weighted by Crippen LogP contribution is 2.33. The second kappa shape index (κ2) is 10.8. The minimum Gasteiger partial charge on any atom is -0.494 e. The Morgan fingerprint density at radius 3 is 2.60 bits per heavy atom. The fraction of sp³-hybridized carbons (Fsp3) is 0.435. The van der Waals surface area contributed by atoms with Gasteiger partial charge in [0.1, 0.15) is 21.7 Å². The Bertz CT molecular complexity index is 957. The highest BCUT2D eigenvalue weighted by Gasteiger charge is 2.22. The first-order valence-corrected chi connectivity index (χ1v) is 10.8. The standard InChI is InChI=1S/C23H28N2O4S/c1-6-28-23(27)21-16(5)19(13-24)22(30-21)25-20(26)8-7-11-29-17-9-10-18(14(2)3)15(4)12-17/h9-10,12,14H,6-8,11H2,1-5H3,(H,25,26). The first kappa shape index (κ1) is 23.4. The average Bonchev–Trinajstić information content (AvgIpc) is 3.00. The van der Waals surface area contributed by atoms with Crippen LogP contribution in [-0.4, -0.2) is 25.1 Å². The van der Waals surface area contributed by atoms with Gasteiger partial charge in [-0.2, -0.15) is 5.26 Å². The summed E-state index contributed by atoms with van der Waals surface area (Å²) in [5.74, 6) is 0.547. The summed E-state index contributed by atoms with van der Waals surface area (Å²) in [4.78, 5) is 24.6. The molecule has 2 aromatic rings. The molecule has 6 nitrogen and oxygen atoms in total. The summed E-state index contributed by atoms with van der Waals surface area (Å²) in [6, 6.07) is 8.10. The summed E-state index contributed by atoms with van der Waals surface area (Å²) in [5, 5.41) is 12.5. The molecular formula is C23H28N2O4S. The van der Waals surface area contributed by atoms with E-state index in [0.29, 0.717) is 40.0 Å². The van der Waals surface area contributed by atoms with Gasteiger partial charge >= 0.3 is 5.97 Å². The van der Waals surface area contributed by atoms with E-state index in [4.69, 9.17) is 9.47 Å². The van der Waals surface area contributed by atoms with E-state index in [9.17, 15) is 14.9 Å². The maximum absolute atomic E-state index is 12.3. The number of esters is 1. The fourth-order valence-corrected chi connectivity index (χ4v) is 4.19. The van der Waals surface area contributed by atoms with E-state index in [-0.39, 0.29) is 18.9 Å². The predicted molar refractivity (Wildman–Crippen MR) is 118 cm³/mol. The van der Waals surface area contributed by atoms with Gasteiger partial charge in [-0.15, -0.1) is 11.3 Å². The van der Waals surface area contributed by atoms with E-state index >= 15 is 0 Å². The van der Waals surface area contributed by atoms with Gasteiger partial charge in [0.05, 0.1) is 18.8 Å². The van der Waals surface area contributed by atoms with Gasteiger partial charge < -0.3 is 14.8 Å². The van der Waals surface area contributed by atoms with Gasteiger partial charge in [0, 0.05) is 6.42 Å². The van der Waals surface area contributed by atoms with Crippen molar-refractivity contribution in [1.82, 2.24) is 0 Å². The zero-order chi connectivity index (χ0) is 22.3. The molecule has 0 aliphatic carbocycles. The summed E-state index contributed by atoms with van der Waals surface area (Å²) in [6.07, 6.45) is 0.785. The number of amides is 1. The van der Waals surface area contributed by atoms with Crippen molar-refractivity contribution in [2.75, 3.05) is 18.5 Å². The highest BCUT2D eigenvalue weighted by molar-refractivity contribution is 7.18. The number of thiophene rings is 1. The molecule has 0 saturated carbocycles. The lowest BCUT2D eigenvalue weighted by atomic mass is 9.98. The fourth-order valence-electron chi connectivity index (χ4n) is 3.13. The summed E-state index contributed by atoms with van der Waals surface area (Å²) in [6.45, 7) is 10.4. The second-order valence-electron chi connectivity index (χ2n) is 7.27. The molecule has 0 bridgehead atoms. The highest BCUT2D eigenvalue weighted by atomic mass is 32.1. The second-order valence-corrected chi connectivity index (χ2v) is 8.29. The molecule has 2 rings (SSSR count). The molecule has 1 heterocycles. The smallest absolute Gasteiger partial charge is 0.348 e. The van der Waals surface area contributed by atoms with Crippen molar-refractivity contribution in [3.8, 4) is 11.8 Å². The van der Waals surface area contributed by atoms with E-state index in [1.54, 1.807) is 13.8 Å². The molecule has 1 amide bonds. The largest absolute Gasteiger partial charge is 0.494 e. The van der Waals surface area contributed by atoms with Crippen LogP contribution in [0.15, 0.2) is 18.2 Å². The van der Waals surface area contributed by atoms with E-state index < -0.39 is 5.97 Å². The lowest BCUT2D eigenvalue weighted by Crippen LogP contribution is -2.12.